The summed E-state index contributed by atoms with van der Waals surface area (Å²) in [5.41, 5.74) is 2.19. The lowest BCUT2D eigenvalue weighted by Crippen LogP contribution is -2.33. The monoisotopic (exact) mass is 235 g/mol. The van der Waals surface area contributed by atoms with E-state index in [-0.39, 0.29) is 0 Å². The summed E-state index contributed by atoms with van der Waals surface area (Å²) in [5.74, 6) is 0.771. The van der Waals surface area contributed by atoms with E-state index in [2.05, 4.69) is 32.3 Å². The maximum absolute atomic E-state index is 4.51. The van der Waals surface area contributed by atoms with Crippen molar-refractivity contribution in [2.24, 2.45) is 5.41 Å². The lowest BCUT2D eigenvalue weighted by atomic mass is 9.90. The van der Waals surface area contributed by atoms with E-state index >= 15 is 0 Å². The summed E-state index contributed by atoms with van der Waals surface area (Å²) in [6, 6.07) is 0. The zero-order valence-corrected chi connectivity index (χ0v) is 11.1. The van der Waals surface area contributed by atoms with Gasteiger partial charge in [0.15, 0.2) is 0 Å². The summed E-state index contributed by atoms with van der Waals surface area (Å²) in [7, 11) is 2.00. The number of hydrogen-bond acceptors (Lipinski definition) is 5. The normalized spacial score (nSPS) is 24.4. The molecule has 0 aliphatic carbocycles. The first-order chi connectivity index (χ1) is 8.04. The molecule has 17 heavy (non-hydrogen) atoms. The molecule has 1 N–H and O–H groups in total. The van der Waals surface area contributed by atoms with Gasteiger partial charge in [0.05, 0.1) is 11.4 Å². The second-order valence-corrected chi connectivity index (χ2v) is 5.30. The van der Waals surface area contributed by atoms with E-state index in [9.17, 15) is 0 Å². The quantitative estimate of drug-likeness (QED) is 0.844. The van der Waals surface area contributed by atoms with Gasteiger partial charge in [0.2, 0.25) is 5.95 Å². The Labute approximate surface area is 103 Å². The predicted octanol–water partition coefficient (Wildman–Crippen LogP) is 0.924. The molecule has 0 radical (unpaired) electrons. The molecule has 1 saturated heterocycles. The Bertz CT molecular complexity index is 406. The van der Waals surface area contributed by atoms with Crippen molar-refractivity contribution in [2.45, 2.75) is 27.2 Å². The Hall–Kier alpha value is -1.23. The van der Waals surface area contributed by atoms with E-state index < -0.39 is 0 Å². The SMILES string of the molecule is CNCC1(C)CCN(c2nnc(C)c(C)n2)C1. The third-order valence-electron chi connectivity index (χ3n) is 3.53. The van der Waals surface area contributed by atoms with Crippen LogP contribution < -0.4 is 10.2 Å². The summed E-state index contributed by atoms with van der Waals surface area (Å²) >= 11 is 0. The van der Waals surface area contributed by atoms with Crippen molar-refractivity contribution in [1.82, 2.24) is 20.5 Å². The molecule has 2 rings (SSSR count). The highest BCUT2D eigenvalue weighted by molar-refractivity contribution is 5.32. The maximum atomic E-state index is 4.51. The molecule has 1 aromatic rings. The first kappa shape index (κ1) is 12.2. The molecule has 1 atom stereocenters. The van der Waals surface area contributed by atoms with Gasteiger partial charge in [-0.15, -0.1) is 5.10 Å². The van der Waals surface area contributed by atoms with Crippen molar-refractivity contribution in [3.8, 4) is 0 Å². The van der Waals surface area contributed by atoms with Gasteiger partial charge in [-0.2, -0.15) is 5.10 Å². The van der Waals surface area contributed by atoms with Crippen LogP contribution in [0.3, 0.4) is 0 Å². The molecule has 0 aromatic carbocycles. The third kappa shape index (κ3) is 2.54. The number of hydrogen-bond donors (Lipinski definition) is 1. The first-order valence-corrected chi connectivity index (χ1v) is 6.11. The fraction of sp³-hybridized carbons (Fsp3) is 0.750. The average Bonchev–Trinajstić information content (AvgIpc) is 2.65. The number of aryl methyl sites for hydroxylation is 2. The van der Waals surface area contributed by atoms with E-state index in [0.29, 0.717) is 5.41 Å². The highest BCUT2D eigenvalue weighted by atomic mass is 15.3. The molecule has 5 heteroatoms. The van der Waals surface area contributed by atoms with Gasteiger partial charge in [-0.1, -0.05) is 6.92 Å². The van der Waals surface area contributed by atoms with Crippen LogP contribution in [-0.4, -0.2) is 41.9 Å². The summed E-state index contributed by atoms with van der Waals surface area (Å²) in [6.45, 7) is 9.27. The van der Waals surface area contributed by atoms with Crippen molar-refractivity contribution in [1.29, 1.82) is 0 Å². The molecule has 5 nitrogen and oxygen atoms in total. The van der Waals surface area contributed by atoms with Crippen molar-refractivity contribution < 1.29 is 0 Å². The molecule has 1 aliphatic rings. The number of nitrogens with zero attached hydrogens (tertiary/aromatic N) is 4. The van der Waals surface area contributed by atoms with Crippen molar-refractivity contribution in [2.75, 3.05) is 31.6 Å². The van der Waals surface area contributed by atoms with Crippen LogP contribution in [0.5, 0.6) is 0 Å². The minimum atomic E-state index is 0.316. The molecular weight excluding hydrogens is 214 g/mol. The van der Waals surface area contributed by atoms with Crippen molar-refractivity contribution in [3.05, 3.63) is 11.4 Å². The Morgan fingerprint density at radius 2 is 2.06 bits per heavy atom. The topological polar surface area (TPSA) is 53.9 Å². The third-order valence-corrected chi connectivity index (χ3v) is 3.53. The van der Waals surface area contributed by atoms with E-state index in [0.717, 1.165) is 37.0 Å². The van der Waals surface area contributed by atoms with Crippen molar-refractivity contribution in [3.63, 3.8) is 0 Å². The molecular formula is C12H21N5. The van der Waals surface area contributed by atoms with E-state index in [4.69, 9.17) is 0 Å². The van der Waals surface area contributed by atoms with Gasteiger partial charge in [0.25, 0.3) is 0 Å². The van der Waals surface area contributed by atoms with Gasteiger partial charge in [-0.05, 0) is 32.7 Å². The van der Waals surface area contributed by atoms with Gasteiger partial charge in [-0.3, -0.25) is 0 Å². The number of rotatable bonds is 3. The Morgan fingerprint density at radius 3 is 2.71 bits per heavy atom. The average molecular weight is 235 g/mol. The number of anilines is 1. The van der Waals surface area contributed by atoms with Gasteiger partial charge in [0.1, 0.15) is 0 Å². The highest BCUT2D eigenvalue weighted by Crippen LogP contribution is 2.30. The first-order valence-electron chi connectivity index (χ1n) is 6.11. The van der Waals surface area contributed by atoms with Gasteiger partial charge in [-0.25, -0.2) is 4.98 Å². The van der Waals surface area contributed by atoms with Gasteiger partial charge in [0, 0.05) is 19.6 Å². The molecule has 1 fully saturated rings. The summed E-state index contributed by atoms with van der Waals surface area (Å²) < 4.78 is 0. The number of aromatic nitrogens is 3. The predicted molar refractivity (Wildman–Crippen MR) is 68.2 cm³/mol. The Balaban J connectivity index is 2.12. The second-order valence-electron chi connectivity index (χ2n) is 5.30. The lowest BCUT2D eigenvalue weighted by molar-refractivity contribution is 0.355. The molecule has 0 spiro atoms. The van der Waals surface area contributed by atoms with Crippen molar-refractivity contribution >= 4 is 5.95 Å². The molecule has 0 bridgehead atoms. The van der Waals surface area contributed by atoms with Gasteiger partial charge >= 0.3 is 0 Å². The van der Waals surface area contributed by atoms with E-state index in [1.165, 1.54) is 6.42 Å². The van der Waals surface area contributed by atoms with Crippen LogP contribution in [-0.2, 0) is 0 Å². The lowest BCUT2D eigenvalue weighted by Gasteiger charge is -2.24. The minimum absolute atomic E-state index is 0.316. The van der Waals surface area contributed by atoms with Crippen LogP contribution >= 0.6 is 0 Å². The summed E-state index contributed by atoms with van der Waals surface area (Å²) in [4.78, 5) is 6.75. The molecule has 1 aliphatic heterocycles. The fourth-order valence-electron chi connectivity index (χ4n) is 2.34. The standard InChI is InChI=1S/C12H21N5/c1-9-10(2)15-16-11(14-9)17-6-5-12(3,8-17)7-13-4/h13H,5-8H2,1-4H3. The molecule has 94 valence electrons. The Morgan fingerprint density at radius 1 is 1.29 bits per heavy atom. The molecule has 0 saturated carbocycles. The van der Waals surface area contributed by atoms with Crippen LogP contribution in [0.1, 0.15) is 24.7 Å². The molecule has 2 heterocycles. The highest BCUT2D eigenvalue weighted by Gasteiger charge is 2.34. The fourth-order valence-corrected chi connectivity index (χ4v) is 2.34. The van der Waals surface area contributed by atoms with Gasteiger partial charge < -0.3 is 10.2 Å². The van der Waals surface area contributed by atoms with Crippen LogP contribution in [0.15, 0.2) is 0 Å². The second kappa shape index (κ2) is 4.56. The van der Waals surface area contributed by atoms with Crippen LogP contribution in [0.2, 0.25) is 0 Å². The Kier molecular flexibility index (Phi) is 3.28. The maximum Gasteiger partial charge on any atom is 0.245 e. The molecule has 0 amide bonds. The molecule has 1 aromatic heterocycles. The summed E-state index contributed by atoms with van der Waals surface area (Å²) in [6.07, 6.45) is 1.17. The smallest absolute Gasteiger partial charge is 0.245 e. The largest absolute Gasteiger partial charge is 0.339 e. The van der Waals surface area contributed by atoms with E-state index in [1.807, 2.05) is 20.9 Å². The van der Waals surface area contributed by atoms with E-state index in [1.54, 1.807) is 0 Å². The zero-order valence-electron chi connectivity index (χ0n) is 11.1. The molecule has 1 unspecified atom stereocenters. The summed E-state index contributed by atoms with van der Waals surface area (Å²) in [5, 5.41) is 11.6. The number of nitrogens with one attached hydrogen (secondary N) is 1. The van der Waals surface area contributed by atoms with Crippen LogP contribution in [0.4, 0.5) is 5.95 Å². The van der Waals surface area contributed by atoms with Crippen LogP contribution in [0.25, 0.3) is 0 Å². The van der Waals surface area contributed by atoms with Crippen LogP contribution in [0, 0.1) is 19.3 Å². The zero-order chi connectivity index (χ0) is 12.5. The minimum Gasteiger partial charge on any atom is -0.339 e.